The molecular weight excluding hydrogens is 232 g/mol. The van der Waals surface area contributed by atoms with Gasteiger partial charge in [-0.25, -0.2) is 0 Å². The van der Waals surface area contributed by atoms with Gasteiger partial charge < -0.3 is 5.32 Å². The molecule has 0 bridgehead atoms. The Morgan fingerprint density at radius 1 is 1.26 bits per heavy atom. The molecule has 1 aliphatic heterocycles. The van der Waals surface area contributed by atoms with Crippen LogP contribution in [0, 0.1) is 6.92 Å². The van der Waals surface area contributed by atoms with Gasteiger partial charge in [-0.2, -0.15) is 0 Å². The van der Waals surface area contributed by atoms with Gasteiger partial charge in [0.1, 0.15) is 0 Å². The number of piperidine rings is 1. The van der Waals surface area contributed by atoms with Crippen molar-refractivity contribution in [1.82, 2.24) is 10.2 Å². The molecule has 1 aromatic rings. The second-order valence-electron chi connectivity index (χ2n) is 5.92. The van der Waals surface area contributed by atoms with Crippen molar-refractivity contribution < 1.29 is 0 Å². The molecule has 0 spiro atoms. The van der Waals surface area contributed by atoms with Crippen LogP contribution >= 0.6 is 0 Å². The fourth-order valence-corrected chi connectivity index (χ4v) is 3.15. The highest BCUT2D eigenvalue weighted by Crippen LogP contribution is 2.24. The lowest BCUT2D eigenvalue weighted by Gasteiger charge is -2.33. The molecule has 1 heterocycles. The Balaban J connectivity index is 1.97. The highest BCUT2D eigenvalue weighted by atomic mass is 15.2. The third-order valence-corrected chi connectivity index (χ3v) is 4.30. The lowest BCUT2D eigenvalue weighted by Crippen LogP contribution is -2.43. The standard InChI is InChI=1S/C17H28N2/c1-4-17(15-10-8-14(2)9-11-15)19(3)13-16-7-5-6-12-18-16/h8-11,16-18H,4-7,12-13H2,1-3H3. The summed E-state index contributed by atoms with van der Waals surface area (Å²) in [5, 5.41) is 3.65. The van der Waals surface area contributed by atoms with Crippen LogP contribution < -0.4 is 5.32 Å². The molecule has 2 unspecified atom stereocenters. The number of benzene rings is 1. The van der Waals surface area contributed by atoms with Gasteiger partial charge in [0.2, 0.25) is 0 Å². The Hall–Kier alpha value is -0.860. The summed E-state index contributed by atoms with van der Waals surface area (Å²) < 4.78 is 0. The summed E-state index contributed by atoms with van der Waals surface area (Å²) >= 11 is 0. The van der Waals surface area contributed by atoms with Crippen LogP contribution in [0.25, 0.3) is 0 Å². The van der Waals surface area contributed by atoms with Gasteiger partial charge >= 0.3 is 0 Å². The van der Waals surface area contributed by atoms with Crippen LogP contribution in [0.1, 0.15) is 49.8 Å². The maximum atomic E-state index is 3.65. The van der Waals surface area contributed by atoms with E-state index in [9.17, 15) is 0 Å². The minimum Gasteiger partial charge on any atom is -0.313 e. The second kappa shape index (κ2) is 7.06. The van der Waals surface area contributed by atoms with Gasteiger partial charge in [-0.1, -0.05) is 43.2 Å². The van der Waals surface area contributed by atoms with Crippen molar-refractivity contribution in [2.45, 2.75) is 51.6 Å². The van der Waals surface area contributed by atoms with Crippen LogP contribution in [0.3, 0.4) is 0 Å². The van der Waals surface area contributed by atoms with E-state index in [0.717, 1.165) is 6.54 Å². The van der Waals surface area contributed by atoms with E-state index in [4.69, 9.17) is 0 Å². The molecule has 0 saturated carbocycles. The first-order valence-corrected chi connectivity index (χ1v) is 7.71. The first kappa shape index (κ1) is 14.5. The molecule has 0 aromatic heterocycles. The van der Waals surface area contributed by atoms with Crippen molar-refractivity contribution >= 4 is 0 Å². The average molecular weight is 260 g/mol. The van der Waals surface area contributed by atoms with Crippen molar-refractivity contribution in [2.24, 2.45) is 0 Å². The molecule has 2 rings (SSSR count). The van der Waals surface area contributed by atoms with Crippen molar-refractivity contribution in [3.05, 3.63) is 35.4 Å². The third kappa shape index (κ3) is 4.05. The fourth-order valence-electron chi connectivity index (χ4n) is 3.15. The predicted molar refractivity (Wildman–Crippen MR) is 82.5 cm³/mol. The largest absolute Gasteiger partial charge is 0.313 e. The smallest absolute Gasteiger partial charge is 0.0343 e. The lowest BCUT2D eigenvalue weighted by atomic mass is 9.99. The van der Waals surface area contributed by atoms with E-state index < -0.39 is 0 Å². The Bertz CT molecular complexity index is 365. The first-order valence-electron chi connectivity index (χ1n) is 7.71. The molecule has 2 nitrogen and oxygen atoms in total. The zero-order valence-corrected chi connectivity index (χ0v) is 12.7. The van der Waals surface area contributed by atoms with E-state index in [2.05, 4.69) is 55.4 Å². The monoisotopic (exact) mass is 260 g/mol. The summed E-state index contributed by atoms with van der Waals surface area (Å²) in [4.78, 5) is 2.52. The highest BCUT2D eigenvalue weighted by molar-refractivity contribution is 5.24. The van der Waals surface area contributed by atoms with Gasteiger partial charge in [-0.05, 0) is 45.3 Å². The normalized spacial score (nSPS) is 21.6. The Kier molecular flexibility index (Phi) is 5.41. The van der Waals surface area contributed by atoms with Gasteiger partial charge in [0.25, 0.3) is 0 Å². The fraction of sp³-hybridized carbons (Fsp3) is 0.647. The van der Waals surface area contributed by atoms with Crippen molar-refractivity contribution in [2.75, 3.05) is 20.1 Å². The summed E-state index contributed by atoms with van der Waals surface area (Å²) in [7, 11) is 2.27. The molecule has 2 heteroatoms. The second-order valence-corrected chi connectivity index (χ2v) is 5.92. The average Bonchev–Trinajstić information content (AvgIpc) is 2.43. The Morgan fingerprint density at radius 2 is 2.00 bits per heavy atom. The van der Waals surface area contributed by atoms with E-state index >= 15 is 0 Å². The summed E-state index contributed by atoms with van der Waals surface area (Å²) in [5.41, 5.74) is 2.79. The van der Waals surface area contributed by atoms with Gasteiger partial charge in [0.15, 0.2) is 0 Å². The minimum absolute atomic E-state index is 0.546. The maximum absolute atomic E-state index is 3.65. The number of hydrogen-bond acceptors (Lipinski definition) is 2. The van der Waals surface area contributed by atoms with Gasteiger partial charge in [0, 0.05) is 18.6 Å². The van der Waals surface area contributed by atoms with Gasteiger partial charge in [-0.3, -0.25) is 4.90 Å². The van der Waals surface area contributed by atoms with Crippen molar-refractivity contribution in [1.29, 1.82) is 0 Å². The summed E-state index contributed by atoms with van der Waals surface area (Å²) in [6.07, 6.45) is 5.23. The molecule has 1 saturated heterocycles. The van der Waals surface area contributed by atoms with E-state index in [1.165, 1.54) is 43.4 Å². The highest BCUT2D eigenvalue weighted by Gasteiger charge is 2.20. The first-order chi connectivity index (χ1) is 9.20. The summed E-state index contributed by atoms with van der Waals surface area (Å²) in [6, 6.07) is 10.3. The van der Waals surface area contributed by atoms with E-state index in [0.29, 0.717) is 12.1 Å². The van der Waals surface area contributed by atoms with Crippen LogP contribution in [0.15, 0.2) is 24.3 Å². The lowest BCUT2D eigenvalue weighted by molar-refractivity contribution is 0.199. The number of hydrogen-bond donors (Lipinski definition) is 1. The number of nitrogens with one attached hydrogen (secondary N) is 1. The maximum Gasteiger partial charge on any atom is 0.0343 e. The van der Waals surface area contributed by atoms with Crippen molar-refractivity contribution in [3.8, 4) is 0 Å². The molecule has 19 heavy (non-hydrogen) atoms. The Labute approximate surface area is 118 Å². The van der Waals surface area contributed by atoms with Gasteiger partial charge in [0.05, 0.1) is 0 Å². The molecule has 2 atom stereocenters. The van der Waals surface area contributed by atoms with Crippen LogP contribution in [0.2, 0.25) is 0 Å². The topological polar surface area (TPSA) is 15.3 Å². The number of nitrogens with zero attached hydrogens (tertiary/aromatic N) is 1. The third-order valence-electron chi connectivity index (χ3n) is 4.30. The zero-order chi connectivity index (χ0) is 13.7. The van der Waals surface area contributed by atoms with Crippen molar-refractivity contribution in [3.63, 3.8) is 0 Å². The summed E-state index contributed by atoms with van der Waals surface area (Å²) in [5.74, 6) is 0. The molecule has 1 aliphatic rings. The SMILES string of the molecule is CCC(c1ccc(C)cc1)N(C)CC1CCCCN1. The molecule has 0 aliphatic carbocycles. The van der Waals surface area contributed by atoms with Crippen LogP contribution in [0.5, 0.6) is 0 Å². The molecular formula is C17H28N2. The van der Waals surface area contributed by atoms with Crippen LogP contribution in [-0.2, 0) is 0 Å². The number of rotatable bonds is 5. The van der Waals surface area contributed by atoms with E-state index in [1.54, 1.807) is 0 Å². The Morgan fingerprint density at radius 3 is 2.58 bits per heavy atom. The summed E-state index contributed by atoms with van der Waals surface area (Å²) in [6.45, 7) is 6.79. The molecule has 1 N–H and O–H groups in total. The molecule has 1 aromatic carbocycles. The van der Waals surface area contributed by atoms with E-state index in [-0.39, 0.29) is 0 Å². The predicted octanol–water partition coefficient (Wildman–Crippen LogP) is 3.52. The molecule has 106 valence electrons. The molecule has 0 amide bonds. The zero-order valence-electron chi connectivity index (χ0n) is 12.7. The van der Waals surface area contributed by atoms with Gasteiger partial charge in [-0.15, -0.1) is 0 Å². The van der Waals surface area contributed by atoms with E-state index in [1.807, 2.05) is 0 Å². The molecule has 0 radical (unpaired) electrons. The van der Waals surface area contributed by atoms with Crippen LogP contribution in [-0.4, -0.2) is 31.1 Å². The van der Waals surface area contributed by atoms with Crippen LogP contribution in [0.4, 0.5) is 0 Å². The number of aryl methyl sites for hydroxylation is 1. The number of likely N-dealkylation sites (N-methyl/N-ethyl adjacent to an activating group) is 1. The molecule has 1 fully saturated rings. The minimum atomic E-state index is 0.546. The quantitative estimate of drug-likeness (QED) is 0.871.